The van der Waals surface area contributed by atoms with E-state index in [1.54, 1.807) is 6.33 Å². The van der Waals surface area contributed by atoms with Gasteiger partial charge < -0.3 is 19.2 Å². The molecule has 0 amide bonds. The van der Waals surface area contributed by atoms with Gasteiger partial charge in [0.25, 0.3) is 0 Å². The molecule has 2 aromatic heterocycles. The van der Waals surface area contributed by atoms with Crippen molar-refractivity contribution in [2.75, 3.05) is 33.0 Å². The van der Waals surface area contributed by atoms with Crippen LogP contribution in [0.15, 0.2) is 12.5 Å². The number of ether oxygens (including phenoxy) is 3. The van der Waals surface area contributed by atoms with Gasteiger partial charge in [-0.25, -0.2) is 14.6 Å². The lowest BCUT2D eigenvalue weighted by Gasteiger charge is -2.23. The molecular weight excluding hydrogens is 310 g/mol. The number of hydrogen-bond acceptors (Lipinski definition) is 6. The molecule has 2 fully saturated rings. The van der Waals surface area contributed by atoms with E-state index in [2.05, 4.69) is 9.97 Å². The molecule has 4 rings (SSSR count). The average Bonchev–Trinajstić information content (AvgIpc) is 3.28. The van der Waals surface area contributed by atoms with Crippen LogP contribution in [0.25, 0.3) is 0 Å². The van der Waals surface area contributed by atoms with Crippen LogP contribution in [0.4, 0.5) is 0 Å². The molecule has 0 bridgehead atoms. The molecule has 1 atom stereocenters. The molecule has 0 radical (unpaired) electrons. The third-order valence-corrected chi connectivity index (χ3v) is 4.52. The first kappa shape index (κ1) is 15.7. The van der Waals surface area contributed by atoms with Gasteiger partial charge in [0.2, 0.25) is 0 Å². The van der Waals surface area contributed by atoms with Crippen molar-refractivity contribution in [3.05, 3.63) is 29.9 Å². The molecule has 2 aliphatic rings. The van der Waals surface area contributed by atoms with Crippen LogP contribution in [-0.2, 0) is 27.2 Å². The van der Waals surface area contributed by atoms with Gasteiger partial charge in [0.05, 0.1) is 32.7 Å². The van der Waals surface area contributed by atoms with E-state index in [1.807, 2.05) is 10.9 Å². The summed E-state index contributed by atoms with van der Waals surface area (Å²) in [5.74, 6) is 2.24. The van der Waals surface area contributed by atoms with Gasteiger partial charge in [0, 0.05) is 37.4 Å². The zero-order chi connectivity index (χ0) is 16.2. The standard InChI is InChI=1S/C16H23N5O3/c1-3-22-4-2-12(1)16-19-15(7-13-8-17-11-18-13)21(20-16)9-14-10-23-5-6-24-14/h8,11-12,14H,1-7,9-10H2,(H,17,18)/t14-/m0/s1. The van der Waals surface area contributed by atoms with Crippen molar-refractivity contribution in [3.63, 3.8) is 0 Å². The maximum absolute atomic E-state index is 5.77. The summed E-state index contributed by atoms with van der Waals surface area (Å²) in [7, 11) is 0. The van der Waals surface area contributed by atoms with Crippen LogP contribution in [0.1, 0.15) is 36.1 Å². The van der Waals surface area contributed by atoms with E-state index in [-0.39, 0.29) is 6.10 Å². The van der Waals surface area contributed by atoms with Crippen LogP contribution in [0.5, 0.6) is 0 Å². The molecule has 0 spiro atoms. The number of aromatic nitrogens is 5. The number of H-pyrrole nitrogens is 1. The number of nitrogens with zero attached hydrogens (tertiary/aromatic N) is 4. The molecule has 0 saturated carbocycles. The Morgan fingerprint density at radius 3 is 2.83 bits per heavy atom. The number of aromatic amines is 1. The SMILES string of the molecule is c1ncc(Cc2nc(C3CCOCC3)nn2C[C@H]2COCCO2)[nH]1. The molecule has 24 heavy (non-hydrogen) atoms. The first-order valence-electron chi connectivity index (χ1n) is 8.56. The summed E-state index contributed by atoms with van der Waals surface area (Å²) in [5, 5.41) is 4.79. The fourth-order valence-corrected chi connectivity index (χ4v) is 3.19. The highest BCUT2D eigenvalue weighted by atomic mass is 16.6. The second-order valence-electron chi connectivity index (χ2n) is 6.28. The third-order valence-electron chi connectivity index (χ3n) is 4.52. The minimum Gasteiger partial charge on any atom is -0.381 e. The average molecular weight is 333 g/mol. The van der Waals surface area contributed by atoms with E-state index in [9.17, 15) is 0 Å². The fraction of sp³-hybridized carbons (Fsp3) is 0.688. The lowest BCUT2D eigenvalue weighted by molar-refractivity contribution is -0.0949. The molecule has 1 N–H and O–H groups in total. The van der Waals surface area contributed by atoms with Gasteiger partial charge in [-0.1, -0.05) is 0 Å². The van der Waals surface area contributed by atoms with E-state index in [1.165, 1.54) is 0 Å². The Labute approximate surface area is 140 Å². The molecule has 0 aromatic carbocycles. The summed E-state index contributed by atoms with van der Waals surface area (Å²) in [5.41, 5.74) is 1.03. The maximum atomic E-state index is 5.77. The highest BCUT2D eigenvalue weighted by Gasteiger charge is 2.24. The van der Waals surface area contributed by atoms with Gasteiger partial charge in [-0.15, -0.1) is 0 Å². The van der Waals surface area contributed by atoms with Crippen LogP contribution in [-0.4, -0.2) is 63.9 Å². The Balaban J connectivity index is 1.54. The molecule has 130 valence electrons. The Kier molecular flexibility index (Phi) is 4.86. The Morgan fingerprint density at radius 1 is 1.17 bits per heavy atom. The zero-order valence-corrected chi connectivity index (χ0v) is 13.7. The van der Waals surface area contributed by atoms with Crippen molar-refractivity contribution < 1.29 is 14.2 Å². The molecule has 2 aromatic rings. The van der Waals surface area contributed by atoms with E-state index < -0.39 is 0 Å². The molecular formula is C16H23N5O3. The monoisotopic (exact) mass is 333 g/mol. The summed E-state index contributed by atoms with van der Waals surface area (Å²) < 4.78 is 18.7. The second-order valence-corrected chi connectivity index (χ2v) is 6.28. The summed E-state index contributed by atoms with van der Waals surface area (Å²) in [6, 6.07) is 0. The van der Waals surface area contributed by atoms with Gasteiger partial charge in [-0.05, 0) is 12.8 Å². The van der Waals surface area contributed by atoms with E-state index >= 15 is 0 Å². The Morgan fingerprint density at radius 2 is 2.08 bits per heavy atom. The highest BCUT2D eigenvalue weighted by molar-refractivity contribution is 5.08. The normalized spacial score (nSPS) is 22.8. The maximum Gasteiger partial charge on any atom is 0.154 e. The summed E-state index contributed by atoms with van der Waals surface area (Å²) in [6.07, 6.45) is 6.20. The molecule has 2 saturated heterocycles. The van der Waals surface area contributed by atoms with Crippen molar-refractivity contribution in [2.45, 2.75) is 37.8 Å². The van der Waals surface area contributed by atoms with Crippen LogP contribution in [0.3, 0.4) is 0 Å². The van der Waals surface area contributed by atoms with Crippen LogP contribution < -0.4 is 0 Å². The first-order valence-corrected chi connectivity index (χ1v) is 8.56. The minimum atomic E-state index is 0.0310. The quantitative estimate of drug-likeness (QED) is 0.875. The predicted molar refractivity (Wildman–Crippen MR) is 84.8 cm³/mol. The van der Waals surface area contributed by atoms with Gasteiger partial charge in [-0.3, -0.25) is 0 Å². The number of hydrogen-bond donors (Lipinski definition) is 1. The van der Waals surface area contributed by atoms with Gasteiger partial charge in [-0.2, -0.15) is 5.10 Å². The lowest BCUT2D eigenvalue weighted by atomic mass is 10.00. The third kappa shape index (κ3) is 3.66. The number of imidazole rings is 1. The second kappa shape index (κ2) is 7.42. The van der Waals surface area contributed by atoms with Crippen molar-refractivity contribution in [1.82, 2.24) is 24.7 Å². The van der Waals surface area contributed by atoms with Gasteiger partial charge in [0.1, 0.15) is 11.9 Å². The number of rotatable bonds is 5. The van der Waals surface area contributed by atoms with Crippen molar-refractivity contribution in [1.29, 1.82) is 0 Å². The van der Waals surface area contributed by atoms with Gasteiger partial charge in [0.15, 0.2) is 5.82 Å². The molecule has 2 aliphatic heterocycles. The topological polar surface area (TPSA) is 87.1 Å². The summed E-state index contributed by atoms with van der Waals surface area (Å²) >= 11 is 0. The molecule has 4 heterocycles. The minimum absolute atomic E-state index is 0.0310. The van der Waals surface area contributed by atoms with E-state index in [4.69, 9.17) is 24.3 Å². The summed E-state index contributed by atoms with van der Waals surface area (Å²) in [6.45, 7) is 4.16. The zero-order valence-electron chi connectivity index (χ0n) is 13.7. The lowest BCUT2D eigenvalue weighted by Crippen LogP contribution is -2.33. The molecule has 8 nitrogen and oxygen atoms in total. The van der Waals surface area contributed by atoms with Crippen LogP contribution in [0.2, 0.25) is 0 Å². The molecule has 8 heteroatoms. The van der Waals surface area contributed by atoms with Crippen molar-refractivity contribution in [2.24, 2.45) is 0 Å². The van der Waals surface area contributed by atoms with Crippen molar-refractivity contribution >= 4 is 0 Å². The van der Waals surface area contributed by atoms with E-state index in [0.29, 0.717) is 38.7 Å². The Bertz CT molecular complexity index is 630. The molecule has 0 unspecified atom stereocenters. The van der Waals surface area contributed by atoms with Gasteiger partial charge >= 0.3 is 0 Å². The smallest absolute Gasteiger partial charge is 0.154 e. The Hall–Kier alpha value is -1.77. The number of nitrogens with one attached hydrogen (secondary N) is 1. The van der Waals surface area contributed by atoms with E-state index in [0.717, 1.165) is 43.4 Å². The van der Waals surface area contributed by atoms with Crippen molar-refractivity contribution in [3.8, 4) is 0 Å². The molecule has 0 aliphatic carbocycles. The van der Waals surface area contributed by atoms with Crippen LogP contribution >= 0.6 is 0 Å². The first-order chi connectivity index (χ1) is 11.9. The predicted octanol–water partition coefficient (Wildman–Crippen LogP) is 0.901. The largest absolute Gasteiger partial charge is 0.381 e. The highest BCUT2D eigenvalue weighted by Crippen LogP contribution is 2.25. The fourth-order valence-electron chi connectivity index (χ4n) is 3.19. The van der Waals surface area contributed by atoms with Crippen LogP contribution in [0, 0.1) is 0 Å². The summed E-state index contributed by atoms with van der Waals surface area (Å²) in [4.78, 5) is 12.0.